The first kappa shape index (κ1) is 66.7. The summed E-state index contributed by atoms with van der Waals surface area (Å²) >= 11 is 0. The van der Waals surface area contributed by atoms with Gasteiger partial charge in [0.2, 0.25) is 0 Å². The maximum Gasteiger partial charge on any atom is 0.460 e. The molecule has 0 fully saturated rings. The highest BCUT2D eigenvalue weighted by molar-refractivity contribution is 5.77. The number of hydrogen-bond acceptors (Lipinski definition) is 4. The van der Waals surface area contributed by atoms with E-state index in [1.54, 1.807) is 0 Å². The van der Waals surface area contributed by atoms with E-state index in [-0.39, 0.29) is 0 Å². The number of esters is 1. The summed E-state index contributed by atoms with van der Waals surface area (Å²) in [5, 5.41) is 0. The number of rotatable bonds is 24. The van der Waals surface area contributed by atoms with Crippen LogP contribution in [0.15, 0.2) is 0 Å². The second-order valence-electron chi connectivity index (χ2n) is 13.5. The molecule has 0 saturated carbocycles. The van der Waals surface area contributed by atoms with Crippen molar-refractivity contribution in [2.45, 2.75) is 139 Å². The maximum atomic E-state index is 14.2. The molecule has 0 bridgehead atoms. The Balaban J connectivity index is 7.20. The molecule has 420 valence electrons. The first-order valence-electron chi connectivity index (χ1n) is 16.1. The first-order chi connectivity index (χ1) is 29.8. The van der Waals surface area contributed by atoms with Crippen molar-refractivity contribution >= 4 is 5.97 Å². The normalized spacial score (nSPS) is 16.5. The van der Waals surface area contributed by atoms with Gasteiger partial charge in [0, 0.05) is 19.8 Å². The van der Waals surface area contributed by atoms with E-state index in [0.717, 1.165) is 0 Å². The van der Waals surface area contributed by atoms with Crippen LogP contribution in [0.5, 0.6) is 0 Å². The number of ether oxygens (including phenoxy) is 3. The Kier molecular flexibility index (Phi) is 17.4. The van der Waals surface area contributed by atoms with E-state index in [0.29, 0.717) is 0 Å². The molecule has 0 heterocycles. The molecule has 0 aliphatic carbocycles. The molecular formula is C27H15F39O4. The highest BCUT2D eigenvalue weighted by Gasteiger charge is 2.93. The highest BCUT2D eigenvalue weighted by atomic mass is 19.5. The van der Waals surface area contributed by atoms with Gasteiger partial charge in [-0.15, -0.1) is 0 Å². The Morgan fingerprint density at radius 3 is 0.629 bits per heavy atom. The SMILES string of the molecule is CC(OCCC(F)(F)C(F)(F)C(F)(F)C(F)(F)C(F)(F)C(F)(F)F)(OCCC(F)(F)C(F)(F)C(F)(F)C(F)(F)C(F)(F)C(F)(F)F)C(=O)OCCC(F)(F)C(F)(F)C(F)(F)C(F)(F)C(F)(F)C(F)(F)F. The Morgan fingerprint density at radius 2 is 0.443 bits per heavy atom. The van der Waals surface area contributed by atoms with Crippen molar-refractivity contribution in [1.29, 1.82) is 0 Å². The van der Waals surface area contributed by atoms with Crippen LogP contribution in [0.1, 0.15) is 26.2 Å². The van der Waals surface area contributed by atoms with Gasteiger partial charge in [-0.2, -0.15) is 171 Å². The fraction of sp³-hybridized carbons (Fsp3) is 0.963. The summed E-state index contributed by atoms with van der Waals surface area (Å²) in [7, 11) is 0. The van der Waals surface area contributed by atoms with Crippen molar-refractivity contribution in [1.82, 2.24) is 0 Å². The molecule has 0 amide bonds. The Morgan fingerprint density at radius 1 is 0.271 bits per heavy atom. The summed E-state index contributed by atoms with van der Waals surface area (Å²) in [6.07, 6.45) is -35.4. The quantitative estimate of drug-likeness (QED) is 0.0549. The largest absolute Gasteiger partial charge is 0.461 e. The summed E-state index contributed by atoms with van der Waals surface area (Å²) < 4.78 is 532. The second-order valence-corrected chi connectivity index (χ2v) is 13.5. The molecule has 0 saturated heterocycles. The van der Waals surface area contributed by atoms with E-state index in [1.165, 1.54) is 0 Å². The number of carbonyl (C=O) groups excluding carboxylic acids is 1. The minimum absolute atomic E-state index is 0.776. The van der Waals surface area contributed by atoms with E-state index in [2.05, 4.69) is 14.2 Å². The molecule has 0 radical (unpaired) electrons. The van der Waals surface area contributed by atoms with Gasteiger partial charge < -0.3 is 14.2 Å². The molecule has 0 atom stereocenters. The predicted molar refractivity (Wildman–Crippen MR) is 137 cm³/mol. The molecule has 0 rings (SSSR count). The standard InChI is InChI=1S/C27H15F39O4/c1-9(69-6-3-11(30,31)14(36,37)17(42,43)20(48,49)23(54,55)26(61,62)63,70-7-4-12(32,33)15(38,39)18(44,45)21(50,51)24(56,57)27(64,65)66)8(67)68-5-2-10(28,29)13(34,35)16(40,41)19(46,47)22(52,53)25(58,59)60/h2-7H2,1H3. The van der Waals surface area contributed by atoms with Gasteiger partial charge in [0.25, 0.3) is 5.79 Å². The lowest BCUT2D eigenvalue weighted by molar-refractivity contribution is -0.441. The number of alkyl halides is 39. The third-order valence-electron chi connectivity index (χ3n) is 8.60. The van der Waals surface area contributed by atoms with Crippen LogP contribution in [0.4, 0.5) is 171 Å². The Labute approximate surface area is 356 Å². The topological polar surface area (TPSA) is 44.8 Å². The second kappa shape index (κ2) is 18.2. The number of carbonyl (C=O) groups is 1. The van der Waals surface area contributed by atoms with Gasteiger partial charge in [-0.25, -0.2) is 4.79 Å². The van der Waals surface area contributed by atoms with Gasteiger partial charge in [0.15, 0.2) is 0 Å². The summed E-state index contributed by atoms with van der Waals surface area (Å²) in [4.78, 5) is 12.4. The minimum Gasteiger partial charge on any atom is -0.461 e. The molecule has 0 N–H and O–H groups in total. The molecule has 0 aromatic heterocycles. The van der Waals surface area contributed by atoms with Crippen LogP contribution >= 0.6 is 0 Å². The first-order valence-corrected chi connectivity index (χ1v) is 16.1. The van der Waals surface area contributed by atoms with Gasteiger partial charge in [-0.3, -0.25) is 0 Å². The van der Waals surface area contributed by atoms with Crippen molar-refractivity contribution in [3.05, 3.63) is 0 Å². The van der Waals surface area contributed by atoms with Crippen LogP contribution < -0.4 is 0 Å². The molecule has 4 nitrogen and oxygen atoms in total. The number of hydrogen-bond donors (Lipinski definition) is 0. The Bertz CT molecular complexity index is 1720. The molecule has 0 aliphatic rings. The average molecular weight is 1140 g/mol. The summed E-state index contributed by atoms with van der Waals surface area (Å²) in [5.74, 6) is -132. The third kappa shape index (κ3) is 10.2. The lowest BCUT2D eigenvalue weighted by Gasteiger charge is -2.40. The van der Waals surface area contributed by atoms with E-state index in [9.17, 15) is 176 Å². The lowest BCUT2D eigenvalue weighted by atomic mass is 9.92. The predicted octanol–water partition coefficient (Wildman–Crippen LogP) is 13.7. The van der Waals surface area contributed by atoms with Gasteiger partial charge in [0.05, 0.1) is 26.2 Å². The van der Waals surface area contributed by atoms with E-state index in [4.69, 9.17) is 0 Å². The van der Waals surface area contributed by atoms with E-state index < -0.39 is 165 Å². The van der Waals surface area contributed by atoms with Crippen LogP contribution in [0, 0.1) is 0 Å². The smallest absolute Gasteiger partial charge is 0.460 e. The Hall–Kier alpha value is -3.34. The molecular weight excluding hydrogens is 1130 g/mol. The van der Waals surface area contributed by atoms with Crippen LogP contribution in [0.25, 0.3) is 0 Å². The lowest BCUT2D eigenvalue weighted by Crippen LogP contribution is -2.70. The molecule has 0 spiro atoms. The zero-order valence-corrected chi connectivity index (χ0v) is 31.6. The van der Waals surface area contributed by atoms with Crippen LogP contribution in [0.2, 0.25) is 0 Å². The van der Waals surface area contributed by atoms with Crippen molar-refractivity contribution in [2.75, 3.05) is 19.8 Å². The summed E-state index contributed by atoms with van der Waals surface area (Å²) in [6, 6.07) is 0. The third-order valence-corrected chi connectivity index (χ3v) is 8.60. The summed E-state index contributed by atoms with van der Waals surface area (Å²) in [6.45, 7) is -10.4. The number of halogens is 39. The fourth-order valence-electron chi connectivity index (χ4n) is 4.19. The molecule has 0 aliphatic heterocycles. The van der Waals surface area contributed by atoms with Crippen molar-refractivity contribution in [2.24, 2.45) is 0 Å². The van der Waals surface area contributed by atoms with E-state index in [1.807, 2.05) is 0 Å². The zero-order valence-electron chi connectivity index (χ0n) is 31.6. The van der Waals surface area contributed by atoms with Gasteiger partial charge in [0.1, 0.15) is 0 Å². The van der Waals surface area contributed by atoms with Crippen molar-refractivity contribution < 1.29 is 190 Å². The van der Waals surface area contributed by atoms with Crippen LogP contribution in [0.3, 0.4) is 0 Å². The minimum atomic E-state index is -8.67. The van der Waals surface area contributed by atoms with Crippen LogP contribution in [-0.4, -0.2) is 139 Å². The summed E-state index contributed by atoms with van der Waals surface area (Å²) in [5.41, 5.74) is 0. The van der Waals surface area contributed by atoms with Gasteiger partial charge in [-0.05, 0) is 0 Å². The molecule has 0 unspecified atom stereocenters. The highest BCUT2D eigenvalue weighted by Crippen LogP contribution is 2.64. The van der Waals surface area contributed by atoms with Gasteiger partial charge >= 0.3 is 113 Å². The molecule has 70 heavy (non-hydrogen) atoms. The maximum absolute atomic E-state index is 14.2. The molecule has 0 aromatic carbocycles. The average Bonchev–Trinajstić information content (AvgIpc) is 3.12. The van der Waals surface area contributed by atoms with E-state index >= 15 is 0 Å². The zero-order chi connectivity index (χ0) is 57.4. The monoisotopic (exact) mass is 1140 g/mol. The molecule has 0 aromatic rings. The fourth-order valence-corrected chi connectivity index (χ4v) is 4.19. The van der Waals surface area contributed by atoms with Crippen molar-refractivity contribution in [3.8, 4) is 0 Å². The van der Waals surface area contributed by atoms with Gasteiger partial charge in [-0.1, -0.05) is 0 Å². The van der Waals surface area contributed by atoms with Crippen molar-refractivity contribution in [3.63, 3.8) is 0 Å². The van der Waals surface area contributed by atoms with Crippen LogP contribution in [-0.2, 0) is 19.0 Å². The molecule has 43 heteroatoms.